The van der Waals surface area contributed by atoms with Crippen molar-refractivity contribution < 1.29 is 5.11 Å². The van der Waals surface area contributed by atoms with Gasteiger partial charge < -0.3 is 15.3 Å². The van der Waals surface area contributed by atoms with Crippen LogP contribution in [0.2, 0.25) is 0 Å². The van der Waals surface area contributed by atoms with Crippen molar-refractivity contribution >= 4 is 0 Å². The molecule has 18 heavy (non-hydrogen) atoms. The normalized spacial score (nSPS) is 33.7. The largest absolute Gasteiger partial charge is 0.394 e. The lowest BCUT2D eigenvalue weighted by molar-refractivity contribution is 0.135. The summed E-state index contributed by atoms with van der Waals surface area (Å²) in [5, 5.41) is 13.3. The summed E-state index contributed by atoms with van der Waals surface area (Å²) in [7, 11) is 2.30. The highest BCUT2D eigenvalue weighted by atomic mass is 16.3. The van der Waals surface area contributed by atoms with Crippen LogP contribution >= 0.6 is 0 Å². The van der Waals surface area contributed by atoms with E-state index in [2.05, 4.69) is 24.2 Å². The zero-order valence-corrected chi connectivity index (χ0v) is 12.1. The molecule has 0 aromatic rings. The molecule has 2 atom stereocenters. The third-order valence-electron chi connectivity index (χ3n) is 5.11. The molecule has 0 spiro atoms. The number of nitrogens with one attached hydrogen (secondary N) is 1. The van der Waals surface area contributed by atoms with E-state index >= 15 is 0 Å². The topological polar surface area (TPSA) is 35.5 Å². The minimum absolute atomic E-state index is 0.00748. The Morgan fingerprint density at radius 2 is 1.94 bits per heavy atom. The predicted molar refractivity (Wildman–Crippen MR) is 75.8 cm³/mol. The fourth-order valence-corrected chi connectivity index (χ4v) is 3.81. The predicted octanol–water partition coefficient (Wildman–Crippen LogP) is 2.14. The molecule has 0 aromatic carbocycles. The smallest absolute Gasteiger partial charge is 0.0613 e. The molecule has 2 saturated carbocycles. The highest BCUT2D eigenvalue weighted by Gasteiger charge is 2.41. The van der Waals surface area contributed by atoms with E-state index in [1.165, 1.54) is 32.1 Å². The van der Waals surface area contributed by atoms with Crippen molar-refractivity contribution in [2.24, 2.45) is 0 Å². The Bertz CT molecular complexity index is 253. The van der Waals surface area contributed by atoms with Crippen LogP contribution in [0.3, 0.4) is 0 Å². The van der Waals surface area contributed by atoms with Crippen LogP contribution in [0.4, 0.5) is 0 Å². The molecule has 2 fully saturated rings. The highest BCUT2D eigenvalue weighted by Crippen LogP contribution is 2.35. The molecular weight excluding hydrogens is 224 g/mol. The fourth-order valence-electron chi connectivity index (χ4n) is 3.81. The molecule has 0 amide bonds. The zero-order chi connectivity index (χ0) is 13.0. The standard InChI is InChI=1S/C15H30N2O/c1-3-10-16-15(12-18)9-8-14(11-15)17(2)13-6-4-5-7-13/h13-14,16,18H,3-12H2,1-2H3. The summed E-state index contributed by atoms with van der Waals surface area (Å²) in [6, 6.07) is 1.47. The van der Waals surface area contributed by atoms with Gasteiger partial charge in [0.2, 0.25) is 0 Å². The quantitative estimate of drug-likeness (QED) is 0.762. The van der Waals surface area contributed by atoms with E-state index in [1.54, 1.807) is 0 Å². The molecule has 3 nitrogen and oxygen atoms in total. The van der Waals surface area contributed by atoms with Crippen LogP contribution < -0.4 is 5.32 Å². The van der Waals surface area contributed by atoms with E-state index in [0.29, 0.717) is 12.6 Å². The van der Waals surface area contributed by atoms with Gasteiger partial charge in [0.05, 0.1) is 6.61 Å². The molecule has 0 radical (unpaired) electrons. The Morgan fingerprint density at radius 1 is 1.22 bits per heavy atom. The van der Waals surface area contributed by atoms with Crippen molar-refractivity contribution in [1.82, 2.24) is 10.2 Å². The first-order valence-electron chi connectivity index (χ1n) is 7.78. The summed E-state index contributed by atoms with van der Waals surface area (Å²) >= 11 is 0. The minimum atomic E-state index is 0.00748. The Hall–Kier alpha value is -0.120. The molecule has 0 bridgehead atoms. The van der Waals surface area contributed by atoms with Gasteiger partial charge >= 0.3 is 0 Å². The van der Waals surface area contributed by atoms with Crippen molar-refractivity contribution in [2.75, 3.05) is 20.2 Å². The number of rotatable bonds is 6. The lowest BCUT2D eigenvalue weighted by Gasteiger charge is -2.33. The first-order valence-corrected chi connectivity index (χ1v) is 7.78. The zero-order valence-electron chi connectivity index (χ0n) is 12.1. The lowest BCUT2D eigenvalue weighted by atomic mass is 9.98. The minimum Gasteiger partial charge on any atom is -0.394 e. The maximum Gasteiger partial charge on any atom is 0.0613 e. The average Bonchev–Trinajstić information content (AvgIpc) is 3.06. The fraction of sp³-hybridized carbons (Fsp3) is 1.00. The van der Waals surface area contributed by atoms with Gasteiger partial charge in [0.15, 0.2) is 0 Å². The summed E-state index contributed by atoms with van der Waals surface area (Å²) < 4.78 is 0. The molecule has 2 N–H and O–H groups in total. The summed E-state index contributed by atoms with van der Waals surface area (Å²) in [5.41, 5.74) is 0.00748. The van der Waals surface area contributed by atoms with E-state index in [0.717, 1.165) is 31.8 Å². The van der Waals surface area contributed by atoms with Gasteiger partial charge in [-0.2, -0.15) is 0 Å². The molecule has 2 unspecified atom stereocenters. The van der Waals surface area contributed by atoms with Gasteiger partial charge in [0.25, 0.3) is 0 Å². The molecule has 106 valence electrons. The molecule has 3 heteroatoms. The van der Waals surface area contributed by atoms with E-state index in [4.69, 9.17) is 0 Å². The Labute approximate surface area is 112 Å². The summed E-state index contributed by atoms with van der Waals surface area (Å²) in [6.07, 6.45) is 10.2. The lowest BCUT2D eigenvalue weighted by Crippen LogP contribution is -2.48. The van der Waals surface area contributed by atoms with Crippen LogP contribution in [-0.2, 0) is 0 Å². The van der Waals surface area contributed by atoms with Crippen molar-refractivity contribution in [2.45, 2.75) is 75.9 Å². The van der Waals surface area contributed by atoms with Gasteiger partial charge in [0, 0.05) is 17.6 Å². The van der Waals surface area contributed by atoms with E-state index in [-0.39, 0.29) is 5.54 Å². The highest BCUT2D eigenvalue weighted by molar-refractivity contribution is 5.00. The first kappa shape index (κ1) is 14.3. The SMILES string of the molecule is CCCNC1(CO)CCC(N(C)C2CCCC2)C1. The summed E-state index contributed by atoms with van der Waals surface area (Å²) in [4.78, 5) is 2.61. The van der Waals surface area contributed by atoms with Crippen molar-refractivity contribution in [1.29, 1.82) is 0 Å². The average molecular weight is 254 g/mol. The van der Waals surface area contributed by atoms with E-state index < -0.39 is 0 Å². The van der Waals surface area contributed by atoms with Gasteiger partial charge in [-0.1, -0.05) is 19.8 Å². The number of hydrogen-bond acceptors (Lipinski definition) is 3. The maximum absolute atomic E-state index is 9.73. The number of aliphatic hydroxyl groups excluding tert-OH is 1. The van der Waals surface area contributed by atoms with Crippen molar-refractivity contribution in [3.63, 3.8) is 0 Å². The van der Waals surface area contributed by atoms with E-state index in [1.807, 2.05) is 0 Å². The van der Waals surface area contributed by atoms with Gasteiger partial charge in [-0.15, -0.1) is 0 Å². The van der Waals surface area contributed by atoms with E-state index in [9.17, 15) is 5.11 Å². The maximum atomic E-state index is 9.73. The van der Waals surface area contributed by atoms with Gasteiger partial charge in [-0.3, -0.25) is 0 Å². The molecule has 2 rings (SSSR count). The van der Waals surface area contributed by atoms with Crippen molar-refractivity contribution in [3.8, 4) is 0 Å². The monoisotopic (exact) mass is 254 g/mol. The molecule has 2 aliphatic carbocycles. The summed E-state index contributed by atoms with van der Waals surface area (Å²) in [6.45, 7) is 3.51. The molecular formula is C15H30N2O. The van der Waals surface area contributed by atoms with Crippen molar-refractivity contribution in [3.05, 3.63) is 0 Å². The van der Waals surface area contributed by atoms with Gasteiger partial charge in [-0.25, -0.2) is 0 Å². The Morgan fingerprint density at radius 3 is 2.56 bits per heavy atom. The molecule has 2 aliphatic rings. The second-order valence-electron chi connectivity index (χ2n) is 6.37. The van der Waals surface area contributed by atoms with Crippen LogP contribution in [-0.4, -0.2) is 47.8 Å². The van der Waals surface area contributed by atoms with Crippen LogP contribution in [0.25, 0.3) is 0 Å². The second kappa shape index (κ2) is 6.36. The van der Waals surface area contributed by atoms with Gasteiger partial charge in [-0.05, 0) is 52.1 Å². The van der Waals surface area contributed by atoms with Crippen LogP contribution in [0.1, 0.15) is 58.3 Å². The first-order chi connectivity index (χ1) is 8.71. The second-order valence-corrected chi connectivity index (χ2v) is 6.37. The molecule has 0 aromatic heterocycles. The third kappa shape index (κ3) is 3.06. The Balaban J connectivity index is 1.88. The molecule has 0 saturated heterocycles. The van der Waals surface area contributed by atoms with Crippen LogP contribution in [0.15, 0.2) is 0 Å². The number of nitrogens with zero attached hydrogens (tertiary/aromatic N) is 1. The van der Waals surface area contributed by atoms with Crippen LogP contribution in [0, 0.1) is 0 Å². The Kier molecular flexibility index (Phi) is 5.05. The summed E-state index contributed by atoms with van der Waals surface area (Å²) in [5.74, 6) is 0. The number of aliphatic hydroxyl groups is 1. The third-order valence-corrected chi connectivity index (χ3v) is 5.11. The molecule has 0 heterocycles. The number of hydrogen-bond donors (Lipinski definition) is 2. The molecule has 0 aliphatic heterocycles. The van der Waals surface area contributed by atoms with Crippen LogP contribution in [0.5, 0.6) is 0 Å². The van der Waals surface area contributed by atoms with Gasteiger partial charge in [0.1, 0.15) is 0 Å².